The Hall–Kier alpha value is -1.43. The Labute approximate surface area is 121 Å². The molecule has 0 saturated carbocycles. The van der Waals surface area contributed by atoms with Crippen LogP contribution < -0.4 is 5.32 Å². The van der Waals surface area contributed by atoms with Crippen LogP contribution in [0.4, 0.5) is 0 Å². The second kappa shape index (κ2) is 5.91. The first-order chi connectivity index (χ1) is 9.75. The van der Waals surface area contributed by atoms with Crippen molar-refractivity contribution < 1.29 is 14.6 Å². The number of carbonyl (C=O) groups is 1. The lowest BCUT2D eigenvalue weighted by Gasteiger charge is -2.13. The molecular weight excluding hydrogens is 274 g/mol. The largest absolute Gasteiger partial charge is 0.387 e. The van der Waals surface area contributed by atoms with Crippen LogP contribution in [-0.2, 0) is 9.53 Å². The number of hydrogen-bond donors (Lipinski definition) is 2. The monoisotopic (exact) mass is 291 g/mol. The number of benzene rings is 1. The zero-order valence-corrected chi connectivity index (χ0v) is 11.9. The molecule has 0 aliphatic carbocycles. The van der Waals surface area contributed by atoms with Crippen molar-refractivity contribution in [2.24, 2.45) is 5.92 Å². The van der Waals surface area contributed by atoms with E-state index in [1.54, 1.807) is 11.3 Å². The normalized spacial score (nSPS) is 20.1. The molecule has 20 heavy (non-hydrogen) atoms. The number of rotatable bonds is 4. The van der Waals surface area contributed by atoms with Crippen molar-refractivity contribution in [1.82, 2.24) is 5.32 Å². The van der Waals surface area contributed by atoms with Crippen molar-refractivity contribution in [1.29, 1.82) is 0 Å². The van der Waals surface area contributed by atoms with Crippen LogP contribution in [0.15, 0.2) is 29.6 Å². The van der Waals surface area contributed by atoms with Crippen molar-refractivity contribution in [3.63, 3.8) is 0 Å². The third-order valence-corrected chi connectivity index (χ3v) is 4.62. The predicted octanol–water partition coefficient (Wildman–Crippen LogP) is 2.09. The van der Waals surface area contributed by atoms with E-state index < -0.39 is 6.10 Å². The Morgan fingerprint density at radius 2 is 2.35 bits per heavy atom. The van der Waals surface area contributed by atoms with Crippen molar-refractivity contribution in [3.05, 3.63) is 35.2 Å². The molecule has 1 aliphatic rings. The second-order valence-corrected chi connectivity index (χ2v) is 5.92. The number of nitrogens with one attached hydrogen (secondary N) is 1. The molecular formula is C15H17NO3S. The van der Waals surface area contributed by atoms with Gasteiger partial charge in [-0.1, -0.05) is 18.2 Å². The summed E-state index contributed by atoms with van der Waals surface area (Å²) in [6, 6.07) is 7.97. The zero-order chi connectivity index (χ0) is 13.9. The Morgan fingerprint density at radius 3 is 3.15 bits per heavy atom. The highest BCUT2D eigenvalue weighted by Gasteiger charge is 2.24. The summed E-state index contributed by atoms with van der Waals surface area (Å²) in [5.41, 5.74) is 0.883. The summed E-state index contributed by atoms with van der Waals surface area (Å²) in [5.74, 6) is -0.0949. The molecule has 2 heterocycles. The van der Waals surface area contributed by atoms with E-state index in [0.29, 0.717) is 13.2 Å². The molecule has 1 amide bonds. The summed E-state index contributed by atoms with van der Waals surface area (Å²) in [6.07, 6.45) is 0.0981. The predicted molar refractivity (Wildman–Crippen MR) is 78.7 cm³/mol. The fourth-order valence-electron chi connectivity index (χ4n) is 2.45. The van der Waals surface area contributed by atoms with E-state index in [9.17, 15) is 9.90 Å². The molecule has 5 heteroatoms. The number of aliphatic hydroxyl groups excluding tert-OH is 1. The molecule has 0 spiro atoms. The highest BCUT2D eigenvalue weighted by molar-refractivity contribution is 7.17. The van der Waals surface area contributed by atoms with Crippen LogP contribution in [0.5, 0.6) is 0 Å². The molecule has 0 bridgehead atoms. The minimum Gasteiger partial charge on any atom is -0.387 e. The number of carbonyl (C=O) groups excluding carboxylic acids is 1. The van der Waals surface area contributed by atoms with Crippen LogP contribution in [0.25, 0.3) is 10.1 Å². The second-order valence-electron chi connectivity index (χ2n) is 5.01. The number of hydrogen-bond acceptors (Lipinski definition) is 4. The Bertz CT molecular complexity index is 604. The SMILES string of the molecule is O=C(NC[C@H](O)c1csc2ccccc12)[C@@H]1CCOC1. The van der Waals surface area contributed by atoms with E-state index in [2.05, 4.69) is 5.32 Å². The van der Waals surface area contributed by atoms with Crippen LogP contribution >= 0.6 is 11.3 Å². The van der Waals surface area contributed by atoms with E-state index in [1.807, 2.05) is 29.6 Å². The smallest absolute Gasteiger partial charge is 0.225 e. The highest BCUT2D eigenvalue weighted by atomic mass is 32.1. The quantitative estimate of drug-likeness (QED) is 0.907. The summed E-state index contributed by atoms with van der Waals surface area (Å²) in [6.45, 7) is 1.38. The molecule has 0 radical (unpaired) electrons. The lowest BCUT2D eigenvalue weighted by atomic mass is 10.1. The molecule has 2 atom stereocenters. The molecule has 106 valence electrons. The van der Waals surface area contributed by atoms with Crippen LogP contribution in [0.2, 0.25) is 0 Å². The van der Waals surface area contributed by atoms with E-state index in [1.165, 1.54) is 0 Å². The van der Waals surface area contributed by atoms with Gasteiger partial charge in [-0.2, -0.15) is 0 Å². The summed E-state index contributed by atoms with van der Waals surface area (Å²) < 4.78 is 6.34. The zero-order valence-electron chi connectivity index (χ0n) is 11.0. The van der Waals surface area contributed by atoms with Crippen LogP contribution in [0, 0.1) is 5.92 Å². The van der Waals surface area contributed by atoms with Gasteiger partial charge in [-0.05, 0) is 23.3 Å². The van der Waals surface area contributed by atoms with Crippen LogP contribution in [0.3, 0.4) is 0 Å². The molecule has 1 aliphatic heterocycles. The van der Waals surface area contributed by atoms with Gasteiger partial charge in [0, 0.05) is 23.4 Å². The van der Waals surface area contributed by atoms with Gasteiger partial charge in [-0.25, -0.2) is 0 Å². The standard InChI is InChI=1S/C15H17NO3S/c17-13(7-16-15(18)10-5-6-19-8-10)12-9-20-14-4-2-1-3-11(12)14/h1-4,9-10,13,17H,5-8H2,(H,16,18)/t10-,13+/m1/s1. The lowest BCUT2D eigenvalue weighted by Crippen LogP contribution is -2.34. The van der Waals surface area contributed by atoms with Gasteiger partial charge in [-0.15, -0.1) is 11.3 Å². The van der Waals surface area contributed by atoms with E-state index in [-0.39, 0.29) is 18.4 Å². The highest BCUT2D eigenvalue weighted by Crippen LogP contribution is 2.29. The summed E-state index contributed by atoms with van der Waals surface area (Å²) in [5, 5.41) is 16.1. The fraction of sp³-hybridized carbons (Fsp3) is 0.400. The molecule has 1 aromatic carbocycles. The number of amides is 1. The summed E-state index contributed by atoms with van der Waals surface area (Å²) in [4.78, 5) is 11.9. The molecule has 1 fully saturated rings. The number of ether oxygens (including phenoxy) is 1. The molecule has 2 aromatic rings. The van der Waals surface area contributed by atoms with Crippen molar-refractivity contribution in [3.8, 4) is 0 Å². The molecule has 0 unspecified atom stereocenters. The first-order valence-electron chi connectivity index (χ1n) is 6.75. The van der Waals surface area contributed by atoms with Gasteiger partial charge in [0.1, 0.15) is 0 Å². The van der Waals surface area contributed by atoms with Crippen LogP contribution in [0.1, 0.15) is 18.1 Å². The van der Waals surface area contributed by atoms with Gasteiger partial charge in [0.2, 0.25) is 5.91 Å². The Kier molecular flexibility index (Phi) is 4.00. The van der Waals surface area contributed by atoms with Gasteiger partial charge in [0.15, 0.2) is 0 Å². The molecule has 1 saturated heterocycles. The third kappa shape index (κ3) is 2.70. The number of aliphatic hydroxyl groups is 1. The first kappa shape index (κ1) is 13.5. The fourth-order valence-corrected chi connectivity index (χ4v) is 3.46. The van der Waals surface area contributed by atoms with Gasteiger partial charge in [0.25, 0.3) is 0 Å². The Balaban J connectivity index is 1.64. The van der Waals surface area contributed by atoms with E-state index >= 15 is 0 Å². The van der Waals surface area contributed by atoms with Crippen molar-refractivity contribution >= 4 is 27.3 Å². The minimum absolute atomic E-state index is 0.0268. The maximum atomic E-state index is 11.9. The molecule has 4 nitrogen and oxygen atoms in total. The van der Waals surface area contributed by atoms with Gasteiger partial charge in [-0.3, -0.25) is 4.79 Å². The Morgan fingerprint density at radius 1 is 1.50 bits per heavy atom. The molecule has 1 aromatic heterocycles. The first-order valence-corrected chi connectivity index (χ1v) is 7.63. The van der Waals surface area contributed by atoms with E-state index in [0.717, 1.165) is 22.1 Å². The summed E-state index contributed by atoms with van der Waals surface area (Å²) >= 11 is 1.61. The van der Waals surface area contributed by atoms with Crippen molar-refractivity contribution in [2.45, 2.75) is 12.5 Å². The van der Waals surface area contributed by atoms with Crippen LogP contribution in [-0.4, -0.2) is 30.8 Å². The average molecular weight is 291 g/mol. The maximum Gasteiger partial charge on any atom is 0.225 e. The topological polar surface area (TPSA) is 58.6 Å². The number of fused-ring (bicyclic) bond motifs is 1. The third-order valence-electron chi connectivity index (χ3n) is 3.64. The molecule has 3 rings (SSSR count). The van der Waals surface area contributed by atoms with Gasteiger partial charge in [0.05, 0.1) is 18.6 Å². The van der Waals surface area contributed by atoms with Gasteiger partial charge < -0.3 is 15.2 Å². The maximum absolute atomic E-state index is 11.9. The minimum atomic E-state index is -0.669. The van der Waals surface area contributed by atoms with Crippen molar-refractivity contribution in [2.75, 3.05) is 19.8 Å². The number of thiophene rings is 1. The summed E-state index contributed by atoms with van der Waals surface area (Å²) in [7, 11) is 0. The van der Waals surface area contributed by atoms with E-state index in [4.69, 9.17) is 4.74 Å². The molecule has 2 N–H and O–H groups in total. The average Bonchev–Trinajstić information content (AvgIpc) is 3.13. The van der Waals surface area contributed by atoms with Gasteiger partial charge >= 0.3 is 0 Å². The lowest BCUT2D eigenvalue weighted by molar-refractivity contribution is -0.125.